The third-order valence-electron chi connectivity index (χ3n) is 5.19. The number of aryl methyl sites for hydroxylation is 2. The number of rotatable bonds is 5. The number of anilines is 1. The van der Waals surface area contributed by atoms with Gasteiger partial charge in [-0.2, -0.15) is 0 Å². The van der Waals surface area contributed by atoms with Crippen molar-refractivity contribution < 1.29 is 14.3 Å². The fourth-order valence-corrected chi connectivity index (χ4v) is 4.66. The number of methoxy groups -OCH3 is 1. The van der Waals surface area contributed by atoms with E-state index in [1.165, 1.54) is 23.8 Å². The molecule has 3 aromatic carbocycles. The van der Waals surface area contributed by atoms with Gasteiger partial charge in [-0.05, 0) is 60.9 Å². The quantitative estimate of drug-likeness (QED) is 0.445. The molecule has 0 fully saturated rings. The molecule has 0 aromatic heterocycles. The van der Waals surface area contributed by atoms with Crippen LogP contribution in [0.1, 0.15) is 16.7 Å². The molecule has 1 heterocycles. The minimum Gasteiger partial charge on any atom is -0.495 e. The molecule has 0 atom stereocenters. The normalized spacial score (nSPS) is 13.9. The predicted molar refractivity (Wildman–Crippen MR) is 126 cm³/mol. The van der Waals surface area contributed by atoms with Crippen molar-refractivity contribution in [1.29, 1.82) is 0 Å². The topological polar surface area (TPSA) is 46.6 Å². The van der Waals surface area contributed by atoms with Gasteiger partial charge in [0.1, 0.15) is 5.75 Å². The van der Waals surface area contributed by atoms with Crippen LogP contribution in [0.5, 0.6) is 5.75 Å². The van der Waals surface area contributed by atoms with Gasteiger partial charge in [0.05, 0.1) is 28.3 Å². The fourth-order valence-electron chi connectivity index (χ4n) is 3.39. The number of carbonyl (C=O) groups is 2. The van der Waals surface area contributed by atoms with Crippen LogP contribution in [-0.4, -0.2) is 18.9 Å². The molecule has 0 radical (unpaired) electrons. The predicted octanol–water partition coefficient (Wildman–Crippen LogP) is 6.04. The molecule has 2 amide bonds. The van der Waals surface area contributed by atoms with Gasteiger partial charge in [0.25, 0.3) is 11.8 Å². The van der Waals surface area contributed by atoms with Crippen LogP contribution in [0.2, 0.25) is 5.02 Å². The van der Waals surface area contributed by atoms with Gasteiger partial charge in [0.15, 0.2) is 0 Å². The van der Waals surface area contributed by atoms with Crippen LogP contribution in [0.4, 0.5) is 5.69 Å². The number of benzene rings is 3. The summed E-state index contributed by atoms with van der Waals surface area (Å²) in [6.07, 6.45) is 0. The largest absolute Gasteiger partial charge is 0.495 e. The zero-order valence-corrected chi connectivity index (χ0v) is 18.9. The Labute approximate surface area is 190 Å². The second kappa shape index (κ2) is 8.61. The van der Waals surface area contributed by atoms with Gasteiger partial charge in [-0.25, -0.2) is 4.90 Å². The van der Waals surface area contributed by atoms with Crippen molar-refractivity contribution >= 4 is 46.4 Å². The molecule has 0 aliphatic carbocycles. The number of amides is 2. The summed E-state index contributed by atoms with van der Waals surface area (Å²) >= 11 is 7.56. The molecular formula is C25H20ClNO3S. The lowest BCUT2D eigenvalue weighted by molar-refractivity contribution is -0.119. The first-order valence-corrected chi connectivity index (χ1v) is 10.9. The molecule has 6 heteroatoms. The minimum atomic E-state index is -0.368. The second-order valence-corrected chi connectivity index (χ2v) is 8.67. The smallest absolute Gasteiger partial charge is 0.272 e. The summed E-state index contributed by atoms with van der Waals surface area (Å²) in [5, 5.41) is 0.331. The molecule has 0 N–H and O–H groups in total. The third kappa shape index (κ3) is 3.99. The summed E-state index contributed by atoms with van der Waals surface area (Å²) in [4.78, 5) is 29.5. The Morgan fingerprint density at radius 2 is 1.61 bits per heavy atom. The van der Waals surface area contributed by atoms with E-state index in [0.29, 0.717) is 26.9 Å². The van der Waals surface area contributed by atoms with E-state index in [1.807, 2.05) is 62.4 Å². The maximum Gasteiger partial charge on any atom is 0.272 e. The highest BCUT2D eigenvalue weighted by molar-refractivity contribution is 8.04. The summed E-state index contributed by atoms with van der Waals surface area (Å²) < 4.78 is 5.20. The number of carbonyl (C=O) groups excluding carboxylic acids is 2. The van der Waals surface area contributed by atoms with Crippen LogP contribution in [0, 0.1) is 13.8 Å². The van der Waals surface area contributed by atoms with Gasteiger partial charge in [0.2, 0.25) is 0 Å². The zero-order valence-electron chi connectivity index (χ0n) is 17.3. The molecule has 0 saturated carbocycles. The van der Waals surface area contributed by atoms with Gasteiger partial charge in [0, 0.05) is 4.90 Å². The summed E-state index contributed by atoms with van der Waals surface area (Å²) in [7, 11) is 1.51. The first-order valence-electron chi connectivity index (χ1n) is 9.68. The lowest BCUT2D eigenvalue weighted by Crippen LogP contribution is -2.31. The zero-order chi connectivity index (χ0) is 22.1. The maximum absolute atomic E-state index is 13.5. The first kappa shape index (κ1) is 21.2. The lowest BCUT2D eigenvalue weighted by Gasteiger charge is -2.16. The van der Waals surface area contributed by atoms with Crippen molar-refractivity contribution in [1.82, 2.24) is 0 Å². The van der Waals surface area contributed by atoms with Gasteiger partial charge < -0.3 is 4.74 Å². The average Bonchev–Trinajstić information content (AvgIpc) is 3.00. The average molecular weight is 450 g/mol. The Morgan fingerprint density at radius 1 is 0.871 bits per heavy atom. The number of halogens is 1. The number of hydrogen-bond acceptors (Lipinski definition) is 4. The Morgan fingerprint density at radius 3 is 2.26 bits per heavy atom. The molecular weight excluding hydrogens is 430 g/mol. The molecule has 4 nitrogen and oxygen atoms in total. The van der Waals surface area contributed by atoms with E-state index < -0.39 is 0 Å². The SMILES string of the molecule is COc1ccc(N2C(=O)C(Sc3ccccc3)=C(c3ccc(C)c(C)c3)C2=O)cc1Cl. The molecule has 3 aromatic rings. The van der Waals surface area contributed by atoms with Crippen LogP contribution < -0.4 is 9.64 Å². The first-order chi connectivity index (χ1) is 14.9. The Kier molecular flexibility index (Phi) is 5.90. The van der Waals surface area contributed by atoms with E-state index in [2.05, 4.69) is 0 Å². The number of hydrogen-bond donors (Lipinski definition) is 0. The second-order valence-electron chi connectivity index (χ2n) is 7.18. The highest BCUT2D eigenvalue weighted by Crippen LogP contribution is 2.42. The van der Waals surface area contributed by atoms with Gasteiger partial charge in [-0.15, -0.1) is 0 Å². The highest BCUT2D eigenvalue weighted by atomic mass is 35.5. The molecule has 1 aliphatic rings. The highest BCUT2D eigenvalue weighted by Gasteiger charge is 2.40. The Balaban J connectivity index is 1.83. The molecule has 1 aliphatic heterocycles. The number of imide groups is 1. The summed E-state index contributed by atoms with van der Waals surface area (Å²) in [5.41, 5.74) is 3.71. The van der Waals surface area contributed by atoms with E-state index in [9.17, 15) is 9.59 Å². The monoisotopic (exact) mass is 449 g/mol. The van der Waals surface area contributed by atoms with Gasteiger partial charge in [-0.1, -0.05) is 59.8 Å². The Bertz CT molecular complexity index is 1220. The van der Waals surface area contributed by atoms with Crippen LogP contribution in [0.3, 0.4) is 0 Å². The number of nitrogens with zero attached hydrogens (tertiary/aromatic N) is 1. The standard InChI is InChI=1S/C25H20ClNO3S/c1-15-9-10-17(13-16(15)2)22-23(31-19-7-5-4-6-8-19)25(29)27(24(22)28)18-11-12-21(30-3)20(26)14-18/h4-14H,1-3H3. The summed E-state index contributed by atoms with van der Waals surface area (Å²) in [6.45, 7) is 4.01. The van der Waals surface area contributed by atoms with E-state index in [1.54, 1.807) is 18.2 Å². The summed E-state index contributed by atoms with van der Waals surface area (Å²) in [6, 6.07) is 20.2. The van der Waals surface area contributed by atoms with E-state index in [-0.39, 0.29) is 11.8 Å². The van der Waals surface area contributed by atoms with Crippen LogP contribution in [0.25, 0.3) is 5.57 Å². The van der Waals surface area contributed by atoms with Crippen molar-refractivity contribution in [3.63, 3.8) is 0 Å². The molecule has 31 heavy (non-hydrogen) atoms. The minimum absolute atomic E-state index is 0.331. The van der Waals surface area contributed by atoms with E-state index >= 15 is 0 Å². The van der Waals surface area contributed by atoms with Crippen molar-refractivity contribution in [2.75, 3.05) is 12.0 Å². The van der Waals surface area contributed by atoms with Crippen molar-refractivity contribution in [3.8, 4) is 5.75 Å². The van der Waals surface area contributed by atoms with E-state index in [4.69, 9.17) is 16.3 Å². The van der Waals surface area contributed by atoms with Crippen LogP contribution in [0.15, 0.2) is 76.5 Å². The van der Waals surface area contributed by atoms with Gasteiger partial charge >= 0.3 is 0 Å². The van der Waals surface area contributed by atoms with Crippen LogP contribution in [-0.2, 0) is 9.59 Å². The molecule has 4 rings (SSSR count). The molecule has 0 bridgehead atoms. The molecule has 0 spiro atoms. The lowest BCUT2D eigenvalue weighted by atomic mass is 10.0. The van der Waals surface area contributed by atoms with Crippen molar-refractivity contribution in [3.05, 3.63) is 93.3 Å². The maximum atomic E-state index is 13.5. The van der Waals surface area contributed by atoms with Crippen molar-refractivity contribution in [2.45, 2.75) is 18.7 Å². The van der Waals surface area contributed by atoms with E-state index in [0.717, 1.165) is 21.6 Å². The molecule has 0 saturated heterocycles. The third-order valence-corrected chi connectivity index (χ3v) is 6.58. The number of ether oxygens (including phenoxy) is 1. The fraction of sp³-hybridized carbons (Fsp3) is 0.120. The Hall–Kier alpha value is -3.02. The van der Waals surface area contributed by atoms with Crippen LogP contribution >= 0.6 is 23.4 Å². The summed E-state index contributed by atoms with van der Waals surface area (Å²) in [5.74, 6) is -0.257. The van der Waals surface area contributed by atoms with Gasteiger partial charge in [-0.3, -0.25) is 9.59 Å². The molecule has 0 unspecified atom stereocenters. The van der Waals surface area contributed by atoms with Crippen molar-refractivity contribution in [2.24, 2.45) is 0 Å². The number of thioether (sulfide) groups is 1. The molecule has 156 valence electrons.